The van der Waals surface area contributed by atoms with E-state index < -0.39 is 11.9 Å². The minimum atomic E-state index is -1.02. The highest BCUT2D eigenvalue weighted by molar-refractivity contribution is 5.64. The smallest absolute Gasteiger partial charge is 0.0414 e. The number of rotatable bonds is 8. The van der Waals surface area contributed by atoms with Gasteiger partial charge in [-0.15, -0.1) is 0 Å². The van der Waals surface area contributed by atoms with Gasteiger partial charge in [-0.05, 0) is 25.7 Å². The molecule has 0 unspecified atom stereocenters. The average molecular weight is 186 g/mol. The zero-order chi connectivity index (χ0) is 10.1. The molecule has 0 amide bonds. The van der Waals surface area contributed by atoms with Gasteiger partial charge in [-0.3, -0.25) is 0 Å². The van der Waals surface area contributed by atoms with E-state index in [0.717, 1.165) is 19.3 Å². The van der Waals surface area contributed by atoms with Crippen LogP contribution in [0.2, 0.25) is 0 Å². The molecule has 0 aliphatic heterocycles. The van der Waals surface area contributed by atoms with E-state index in [2.05, 4.69) is 0 Å². The molecule has 0 spiro atoms. The summed E-state index contributed by atoms with van der Waals surface area (Å²) in [5.41, 5.74) is 0. The molecule has 0 saturated carbocycles. The lowest BCUT2D eigenvalue weighted by molar-refractivity contribution is -0.307. The largest absolute Gasteiger partial charge is 0.550 e. The molecule has 0 aromatic carbocycles. The summed E-state index contributed by atoms with van der Waals surface area (Å²) in [6.45, 7) is 0. The lowest BCUT2D eigenvalue weighted by Crippen LogP contribution is -2.21. The molecule has 4 heteroatoms. The molecule has 13 heavy (non-hydrogen) atoms. The van der Waals surface area contributed by atoms with Crippen LogP contribution in [0.25, 0.3) is 0 Å². The highest BCUT2D eigenvalue weighted by Gasteiger charge is 1.91. The molecular weight excluding hydrogens is 172 g/mol. The SMILES string of the molecule is O=C([O-])CCCCCCCC(=O)[O-]. The topological polar surface area (TPSA) is 80.3 Å². The number of aliphatic carboxylic acids is 2. The number of carboxylic acid groups (broad SMARTS) is 2. The second-order valence-corrected chi connectivity index (χ2v) is 3.01. The molecule has 0 aromatic heterocycles. The first-order chi connectivity index (χ1) is 6.13. The van der Waals surface area contributed by atoms with Gasteiger partial charge in [0.15, 0.2) is 0 Å². The maximum Gasteiger partial charge on any atom is 0.0414 e. The molecular formula is C9H14O4-2. The fraction of sp³-hybridized carbons (Fsp3) is 0.778. The van der Waals surface area contributed by atoms with E-state index in [0.29, 0.717) is 12.8 Å². The van der Waals surface area contributed by atoms with Crippen molar-refractivity contribution < 1.29 is 19.8 Å². The molecule has 0 bridgehead atoms. The van der Waals surface area contributed by atoms with Crippen molar-refractivity contribution in [3.05, 3.63) is 0 Å². The number of hydrogen-bond donors (Lipinski definition) is 0. The lowest BCUT2D eigenvalue weighted by atomic mass is 10.1. The van der Waals surface area contributed by atoms with Gasteiger partial charge in [0.25, 0.3) is 0 Å². The van der Waals surface area contributed by atoms with E-state index in [1.807, 2.05) is 0 Å². The molecule has 0 heterocycles. The van der Waals surface area contributed by atoms with Gasteiger partial charge in [0, 0.05) is 11.9 Å². The molecule has 0 aromatic rings. The first kappa shape index (κ1) is 11.9. The Bertz CT molecular complexity index is 147. The number of unbranched alkanes of at least 4 members (excludes halogenated alkanes) is 4. The van der Waals surface area contributed by atoms with Crippen LogP contribution in [0.5, 0.6) is 0 Å². The Morgan fingerprint density at radius 1 is 0.692 bits per heavy atom. The highest BCUT2D eigenvalue weighted by Crippen LogP contribution is 2.06. The Kier molecular flexibility index (Phi) is 6.96. The van der Waals surface area contributed by atoms with Gasteiger partial charge >= 0.3 is 0 Å². The van der Waals surface area contributed by atoms with Gasteiger partial charge in [-0.25, -0.2) is 0 Å². The summed E-state index contributed by atoms with van der Waals surface area (Å²) >= 11 is 0. The minimum absolute atomic E-state index is 0.0977. The summed E-state index contributed by atoms with van der Waals surface area (Å²) in [5.74, 6) is -2.04. The van der Waals surface area contributed by atoms with Crippen LogP contribution in [0.4, 0.5) is 0 Å². The number of carbonyl (C=O) groups excluding carboxylic acids is 2. The van der Waals surface area contributed by atoms with Crippen molar-refractivity contribution >= 4 is 11.9 Å². The summed E-state index contributed by atoms with van der Waals surface area (Å²) in [4.78, 5) is 20.0. The minimum Gasteiger partial charge on any atom is -0.550 e. The first-order valence-corrected chi connectivity index (χ1v) is 4.52. The normalized spacial score (nSPS) is 9.85. The van der Waals surface area contributed by atoms with Crippen LogP contribution in [-0.4, -0.2) is 11.9 Å². The number of carboxylic acids is 2. The molecule has 4 nitrogen and oxygen atoms in total. The van der Waals surface area contributed by atoms with Gasteiger partial charge in [-0.2, -0.15) is 0 Å². The third-order valence-electron chi connectivity index (χ3n) is 1.76. The van der Waals surface area contributed by atoms with Crippen LogP contribution in [0.1, 0.15) is 44.9 Å². The van der Waals surface area contributed by atoms with Gasteiger partial charge < -0.3 is 19.8 Å². The maximum absolute atomic E-state index is 9.98. The summed E-state index contributed by atoms with van der Waals surface area (Å²) < 4.78 is 0. The third kappa shape index (κ3) is 10.9. The molecule has 0 rings (SSSR count). The van der Waals surface area contributed by atoms with Crippen molar-refractivity contribution in [2.45, 2.75) is 44.9 Å². The Morgan fingerprint density at radius 3 is 1.31 bits per heavy atom. The highest BCUT2D eigenvalue weighted by atomic mass is 16.4. The van der Waals surface area contributed by atoms with E-state index in [4.69, 9.17) is 0 Å². The predicted octanol–water partition coefficient (Wildman–Crippen LogP) is -0.783. The van der Waals surface area contributed by atoms with Crippen molar-refractivity contribution in [2.24, 2.45) is 0 Å². The molecule has 0 fully saturated rings. The molecule has 76 valence electrons. The summed E-state index contributed by atoms with van der Waals surface area (Å²) in [7, 11) is 0. The van der Waals surface area contributed by atoms with Gasteiger partial charge in [0.1, 0.15) is 0 Å². The van der Waals surface area contributed by atoms with Crippen LogP contribution < -0.4 is 10.2 Å². The standard InChI is InChI=1S/C9H16O4/c10-8(11)6-4-2-1-3-5-7-9(12)13/h1-7H2,(H,10,11)(H,12,13)/p-2. The Morgan fingerprint density at radius 2 is 1.00 bits per heavy atom. The van der Waals surface area contributed by atoms with Crippen molar-refractivity contribution in [1.82, 2.24) is 0 Å². The van der Waals surface area contributed by atoms with Gasteiger partial charge in [0.05, 0.1) is 0 Å². The second-order valence-electron chi connectivity index (χ2n) is 3.01. The summed E-state index contributed by atoms with van der Waals surface area (Å²) in [6, 6.07) is 0. The quantitative estimate of drug-likeness (QED) is 0.465. The van der Waals surface area contributed by atoms with Gasteiger partial charge in [0.2, 0.25) is 0 Å². The van der Waals surface area contributed by atoms with Crippen molar-refractivity contribution in [3.63, 3.8) is 0 Å². The zero-order valence-electron chi connectivity index (χ0n) is 7.58. The lowest BCUT2D eigenvalue weighted by Gasteiger charge is -2.03. The molecule has 0 N–H and O–H groups in total. The van der Waals surface area contributed by atoms with E-state index in [1.54, 1.807) is 0 Å². The van der Waals surface area contributed by atoms with E-state index >= 15 is 0 Å². The molecule has 0 aliphatic rings. The van der Waals surface area contributed by atoms with Crippen LogP contribution in [-0.2, 0) is 9.59 Å². The molecule has 0 saturated heterocycles. The number of hydrogen-bond acceptors (Lipinski definition) is 4. The first-order valence-electron chi connectivity index (χ1n) is 4.52. The molecule has 0 radical (unpaired) electrons. The van der Waals surface area contributed by atoms with E-state index in [-0.39, 0.29) is 12.8 Å². The Hall–Kier alpha value is -1.06. The molecule has 0 atom stereocenters. The maximum atomic E-state index is 9.98. The zero-order valence-corrected chi connectivity index (χ0v) is 7.58. The van der Waals surface area contributed by atoms with E-state index in [9.17, 15) is 19.8 Å². The van der Waals surface area contributed by atoms with Crippen LogP contribution in [0.3, 0.4) is 0 Å². The van der Waals surface area contributed by atoms with Crippen LogP contribution >= 0.6 is 0 Å². The average Bonchev–Trinajstić information content (AvgIpc) is 2.01. The fourth-order valence-corrected chi connectivity index (χ4v) is 1.07. The van der Waals surface area contributed by atoms with Crippen LogP contribution in [0, 0.1) is 0 Å². The van der Waals surface area contributed by atoms with Crippen molar-refractivity contribution in [1.29, 1.82) is 0 Å². The van der Waals surface area contributed by atoms with Crippen molar-refractivity contribution in [2.75, 3.05) is 0 Å². The second kappa shape index (κ2) is 7.58. The Labute approximate surface area is 77.6 Å². The fourth-order valence-electron chi connectivity index (χ4n) is 1.07. The van der Waals surface area contributed by atoms with E-state index in [1.165, 1.54) is 0 Å². The third-order valence-corrected chi connectivity index (χ3v) is 1.76. The van der Waals surface area contributed by atoms with Gasteiger partial charge in [-0.1, -0.05) is 19.3 Å². The monoisotopic (exact) mass is 186 g/mol. The van der Waals surface area contributed by atoms with Crippen molar-refractivity contribution in [3.8, 4) is 0 Å². The van der Waals surface area contributed by atoms with Crippen LogP contribution in [0.15, 0.2) is 0 Å². The summed E-state index contributed by atoms with van der Waals surface area (Å²) in [6.07, 6.45) is 3.95. The molecule has 0 aliphatic carbocycles. The Balaban J connectivity index is 3.00. The number of carbonyl (C=O) groups is 2. The summed E-state index contributed by atoms with van der Waals surface area (Å²) in [5, 5.41) is 20.0. The predicted molar refractivity (Wildman–Crippen MR) is 42.3 cm³/mol.